The van der Waals surface area contributed by atoms with Crippen LogP contribution in [0.3, 0.4) is 0 Å². The Hall–Kier alpha value is -2.23. The van der Waals surface area contributed by atoms with Gasteiger partial charge in [-0.2, -0.15) is 0 Å². The Bertz CT molecular complexity index is 952. The first kappa shape index (κ1) is 28.8. The molecule has 2 unspecified atom stereocenters. The Kier molecular flexibility index (Phi) is 10.8. The standard InChI is InChI=1S/C32H47NO5/c1-2-9-24-15-18-32(36,19-16-24)17-8-4-7-12-30(34)33-27(22-25-10-5-3-6-11-25)31(35)26-13-14-28-29(23-26)38-21-20-37-28/h13-14,23-25,27,31,35-36H,2-7,9-12,15-16,18-22H2,1H3,(H,33,34). The molecule has 2 fully saturated rings. The molecule has 1 aromatic rings. The predicted octanol–water partition coefficient (Wildman–Crippen LogP) is 5.84. The van der Waals surface area contributed by atoms with E-state index in [2.05, 4.69) is 24.1 Å². The summed E-state index contributed by atoms with van der Waals surface area (Å²) in [5, 5.41) is 25.3. The number of unbranched alkanes of at least 4 members (excludes halogenated alkanes) is 1. The van der Waals surface area contributed by atoms with Crippen LogP contribution in [0.5, 0.6) is 11.5 Å². The Morgan fingerprint density at radius 1 is 1.08 bits per heavy atom. The second-order valence-electron chi connectivity index (χ2n) is 11.7. The Labute approximate surface area is 228 Å². The smallest absolute Gasteiger partial charge is 0.220 e. The lowest BCUT2D eigenvalue weighted by atomic mass is 9.77. The zero-order chi connectivity index (χ0) is 26.8. The molecule has 0 aromatic heterocycles. The van der Waals surface area contributed by atoms with Crippen LogP contribution < -0.4 is 14.8 Å². The summed E-state index contributed by atoms with van der Waals surface area (Å²) in [6, 6.07) is 5.21. The molecule has 0 spiro atoms. The molecule has 6 heteroatoms. The van der Waals surface area contributed by atoms with Gasteiger partial charge < -0.3 is 25.0 Å². The minimum absolute atomic E-state index is 0.0528. The number of aliphatic hydroxyl groups excluding tert-OH is 1. The zero-order valence-corrected chi connectivity index (χ0v) is 23.2. The highest BCUT2D eigenvalue weighted by molar-refractivity contribution is 5.76. The highest BCUT2D eigenvalue weighted by atomic mass is 16.6. The number of carbonyl (C=O) groups is 1. The topological polar surface area (TPSA) is 88.0 Å². The number of amides is 1. The van der Waals surface area contributed by atoms with Crippen LogP contribution >= 0.6 is 0 Å². The maximum Gasteiger partial charge on any atom is 0.220 e. The van der Waals surface area contributed by atoms with Crippen molar-refractivity contribution < 1.29 is 24.5 Å². The van der Waals surface area contributed by atoms with Crippen molar-refractivity contribution in [1.82, 2.24) is 5.32 Å². The normalized spacial score (nSPS) is 25.1. The monoisotopic (exact) mass is 525 g/mol. The molecule has 3 N–H and O–H groups in total. The lowest BCUT2D eigenvalue weighted by Crippen LogP contribution is -2.41. The number of nitrogens with one attached hydrogen (secondary N) is 1. The Morgan fingerprint density at radius 3 is 2.55 bits per heavy atom. The molecule has 38 heavy (non-hydrogen) atoms. The molecule has 1 amide bonds. The molecule has 2 atom stereocenters. The number of rotatable bonds is 10. The van der Waals surface area contributed by atoms with E-state index < -0.39 is 11.7 Å². The van der Waals surface area contributed by atoms with E-state index in [1.807, 2.05) is 18.2 Å². The van der Waals surface area contributed by atoms with Gasteiger partial charge in [0.25, 0.3) is 0 Å². The summed E-state index contributed by atoms with van der Waals surface area (Å²) in [6.07, 6.45) is 13.6. The lowest BCUT2D eigenvalue weighted by molar-refractivity contribution is -0.123. The van der Waals surface area contributed by atoms with E-state index in [4.69, 9.17) is 9.47 Å². The summed E-state index contributed by atoms with van der Waals surface area (Å²) in [6.45, 7) is 3.24. The van der Waals surface area contributed by atoms with Crippen LogP contribution in [0.1, 0.15) is 115 Å². The number of hydrogen-bond acceptors (Lipinski definition) is 5. The number of fused-ring (bicyclic) bond motifs is 1. The largest absolute Gasteiger partial charge is 0.486 e. The quantitative estimate of drug-likeness (QED) is 0.264. The first-order valence-electron chi connectivity index (χ1n) is 15.0. The molecular formula is C32H47NO5. The van der Waals surface area contributed by atoms with E-state index in [-0.39, 0.29) is 11.9 Å². The number of ether oxygens (including phenoxy) is 2. The average molecular weight is 526 g/mol. The molecule has 1 heterocycles. The second kappa shape index (κ2) is 14.2. The summed E-state index contributed by atoms with van der Waals surface area (Å²) < 4.78 is 11.3. The van der Waals surface area contributed by atoms with Crippen LogP contribution in [0, 0.1) is 23.7 Å². The highest BCUT2D eigenvalue weighted by Gasteiger charge is 2.31. The van der Waals surface area contributed by atoms with Crippen molar-refractivity contribution in [2.45, 2.75) is 121 Å². The predicted molar refractivity (Wildman–Crippen MR) is 149 cm³/mol. The number of hydrogen-bond donors (Lipinski definition) is 3. The van der Waals surface area contributed by atoms with E-state index >= 15 is 0 Å². The third-order valence-corrected chi connectivity index (χ3v) is 8.60. The van der Waals surface area contributed by atoms with Gasteiger partial charge in [-0.25, -0.2) is 0 Å². The third-order valence-electron chi connectivity index (χ3n) is 8.60. The molecule has 3 aliphatic rings. The highest BCUT2D eigenvalue weighted by Crippen LogP contribution is 2.36. The summed E-state index contributed by atoms with van der Waals surface area (Å²) in [5.41, 5.74) is -0.117. The first-order chi connectivity index (χ1) is 18.5. The zero-order valence-electron chi connectivity index (χ0n) is 23.2. The summed E-state index contributed by atoms with van der Waals surface area (Å²) >= 11 is 0. The fraction of sp³-hybridized carbons (Fsp3) is 0.719. The van der Waals surface area contributed by atoms with Gasteiger partial charge in [0, 0.05) is 12.8 Å². The SMILES string of the molecule is CCCC1CCC(O)(C#CCCCC(=O)NC(CC2CCCCC2)C(O)c2ccc3c(c2)OCCO3)CC1. The maximum absolute atomic E-state index is 12.9. The van der Waals surface area contributed by atoms with Crippen molar-refractivity contribution in [2.75, 3.05) is 13.2 Å². The minimum atomic E-state index is -0.856. The van der Waals surface area contributed by atoms with E-state index in [9.17, 15) is 15.0 Å². The van der Waals surface area contributed by atoms with Gasteiger partial charge in [0.2, 0.25) is 5.91 Å². The van der Waals surface area contributed by atoms with Crippen LogP contribution in [0.4, 0.5) is 0 Å². The van der Waals surface area contributed by atoms with Crippen molar-refractivity contribution in [3.8, 4) is 23.3 Å². The summed E-state index contributed by atoms with van der Waals surface area (Å²) in [4.78, 5) is 12.9. The van der Waals surface area contributed by atoms with Crippen LogP contribution in [-0.4, -0.2) is 41.0 Å². The first-order valence-corrected chi connectivity index (χ1v) is 15.0. The van der Waals surface area contributed by atoms with Crippen molar-refractivity contribution in [3.05, 3.63) is 23.8 Å². The van der Waals surface area contributed by atoms with Crippen LogP contribution in [-0.2, 0) is 4.79 Å². The molecule has 1 aliphatic heterocycles. The van der Waals surface area contributed by atoms with Gasteiger partial charge in [0.05, 0.1) is 12.1 Å². The van der Waals surface area contributed by atoms with Gasteiger partial charge in [-0.3, -0.25) is 4.79 Å². The van der Waals surface area contributed by atoms with Crippen molar-refractivity contribution in [1.29, 1.82) is 0 Å². The molecule has 210 valence electrons. The summed E-state index contributed by atoms with van der Waals surface area (Å²) in [5.74, 6) is 8.77. The van der Waals surface area contributed by atoms with Crippen molar-refractivity contribution >= 4 is 5.91 Å². The Balaban J connectivity index is 1.29. The maximum atomic E-state index is 12.9. The summed E-state index contributed by atoms with van der Waals surface area (Å²) in [7, 11) is 0. The minimum Gasteiger partial charge on any atom is -0.486 e. The molecule has 0 bridgehead atoms. The van der Waals surface area contributed by atoms with Crippen LogP contribution in [0.25, 0.3) is 0 Å². The van der Waals surface area contributed by atoms with Gasteiger partial charge in [-0.15, -0.1) is 5.92 Å². The molecule has 2 aliphatic carbocycles. The van der Waals surface area contributed by atoms with Gasteiger partial charge in [0.1, 0.15) is 18.8 Å². The van der Waals surface area contributed by atoms with E-state index in [0.29, 0.717) is 49.9 Å². The van der Waals surface area contributed by atoms with Gasteiger partial charge in [0.15, 0.2) is 11.5 Å². The molecule has 1 aromatic carbocycles. The fourth-order valence-corrected chi connectivity index (χ4v) is 6.35. The lowest BCUT2D eigenvalue weighted by Gasteiger charge is -2.32. The van der Waals surface area contributed by atoms with Crippen LogP contribution in [0.2, 0.25) is 0 Å². The van der Waals surface area contributed by atoms with Gasteiger partial charge in [-0.05, 0) is 68.1 Å². The molecule has 0 radical (unpaired) electrons. The van der Waals surface area contributed by atoms with E-state index in [1.165, 1.54) is 32.1 Å². The van der Waals surface area contributed by atoms with E-state index in [0.717, 1.165) is 56.4 Å². The second-order valence-corrected chi connectivity index (χ2v) is 11.7. The fourth-order valence-electron chi connectivity index (χ4n) is 6.35. The molecular weight excluding hydrogens is 478 g/mol. The van der Waals surface area contributed by atoms with E-state index in [1.54, 1.807) is 0 Å². The van der Waals surface area contributed by atoms with Crippen molar-refractivity contribution in [2.24, 2.45) is 11.8 Å². The average Bonchev–Trinajstić information content (AvgIpc) is 2.94. The third kappa shape index (κ3) is 8.38. The number of carbonyl (C=O) groups excluding carboxylic acids is 1. The van der Waals surface area contributed by atoms with Crippen LogP contribution in [0.15, 0.2) is 18.2 Å². The molecule has 0 saturated heterocycles. The van der Waals surface area contributed by atoms with Crippen molar-refractivity contribution in [3.63, 3.8) is 0 Å². The molecule has 6 nitrogen and oxygen atoms in total. The number of aliphatic hydroxyl groups is 2. The number of benzene rings is 1. The van der Waals surface area contributed by atoms with Gasteiger partial charge >= 0.3 is 0 Å². The Morgan fingerprint density at radius 2 is 1.82 bits per heavy atom. The molecule has 2 saturated carbocycles. The molecule has 4 rings (SSSR count). The van der Waals surface area contributed by atoms with Gasteiger partial charge in [-0.1, -0.05) is 63.9 Å².